The Balaban J connectivity index is 0.00000264. The first-order valence-corrected chi connectivity index (χ1v) is 8.46. The maximum atomic E-state index is 6.05. The van der Waals surface area contributed by atoms with Crippen LogP contribution >= 0.6 is 46.9 Å². The van der Waals surface area contributed by atoms with Gasteiger partial charge in [-0.3, -0.25) is 0 Å². The molecule has 0 bridgehead atoms. The molecule has 0 aliphatic carbocycles. The van der Waals surface area contributed by atoms with Crippen molar-refractivity contribution in [1.29, 1.82) is 0 Å². The molecule has 23 heavy (non-hydrogen) atoms. The zero-order valence-electron chi connectivity index (χ0n) is 13.8. The average Bonchev–Trinajstić information content (AvgIpc) is 3.00. The van der Waals surface area contributed by atoms with Crippen LogP contribution in [0.4, 0.5) is 0 Å². The van der Waals surface area contributed by atoms with Crippen LogP contribution in [0.5, 0.6) is 0 Å². The summed E-state index contributed by atoms with van der Waals surface area (Å²) in [5.41, 5.74) is 4.07. The molecule has 0 saturated heterocycles. The largest absolute Gasteiger partial charge is 0.357 e. The van der Waals surface area contributed by atoms with Gasteiger partial charge in [0.1, 0.15) is 0 Å². The summed E-state index contributed by atoms with van der Waals surface area (Å²) in [6.07, 6.45) is 1.91. The van der Waals surface area contributed by atoms with Crippen molar-refractivity contribution in [2.24, 2.45) is 12.0 Å². The molecule has 5 nitrogen and oxygen atoms in total. The summed E-state index contributed by atoms with van der Waals surface area (Å²) in [5.74, 6) is 0.882. The Morgan fingerprint density at radius 3 is 2.78 bits per heavy atom. The third-order valence-electron chi connectivity index (χ3n) is 3.39. The molecule has 2 heterocycles. The number of nitrogens with one attached hydrogen (secondary N) is 1. The minimum Gasteiger partial charge on any atom is -0.357 e. The van der Waals surface area contributed by atoms with Crippen molar-refractivity contribution in [3.05, 3.63) is 39.1 Å². The van der Waals surface area contributed by atoms with Crippen LogP contribution in [0.25, 0.3) is 0 Å². The van der Waals surface area contributed by atoms with E-state index in [0.29, 0.717) is 6.54 Å². The summed E-state index contributed by atoms with van der Waals surface area (Å²) in [4.78, 5) is 12.3. The second kappa shape index (κ2) is 9.48. The van der Waals surface area contributed by atoms with Crippen molar-refractivity contribution in [3.63, 3.8) is 0 Å². The molecule has 0 saturated carbocycles. The van der Waals surface area contributed by atoms with Crippen LogP contribution in [0, 0.1) is 6.92 Å². The van der Waals surface area contributed by atoms with E-state index < -0.39 is 0 Å². The van der Waals surface area contributed by atoms with E-state index in [-0.39, 0.29) is 24.0 Å². The van der Waals surface area contributed by atoms with E-state index in [2.05, 4.69) is 22.1 Å². The number of guanidine groups is 1. The topological polar surface area (TPSA) is 45.5 Å². The van der Waals surface area contributed by atoms with Crippen LogP contribution in [-0.2, 0) is 20.1 Å². The van der Waals surface area contributed by atoms with Gasteiger partial charge in [0, 0.05) is 37.4 Å². The van der Waals surface area contributed by atoms with E-state index in [4.69, 9.17) is 16.6 Å². The third kappa shape index (κ3) is 5.65. The monoisotopic (exact) mass is 467 g/mol. The summed E-state index contributed by atoms with van der Waals surface area (Å²) in [5, 5.41) is 4.09. The lowest BCUT2D eigenvalue weighted by molar-refractivity contribution is 0.462. The lowest BCUT2D eigenvalue weighted by atomic mass is 10.4. The van der Waals surface area contributed by atoms with Gasteiger partial charge in [0.05, 0.1) is 29.3 Å². The van der Waals surface area contributed by atoms with Gasteiger partial charge in [-0.1, -0.05) is 11.6 Å². The standard InChI is InChI=1S/C15H22ClN5S.HI/c1-5-17-15(18-7-14-11(2)19-10-22-14)21(4)9-13-6-12(16)8-20(13)3;/h6,8,10H,5,7,9H2,1-4H3,(H,17,18);1H. The van der Waals surface area contributed by atoms with Crippen molar-refractivity contribution >= 4 is 52.9 Å². The smallest absolute Gasteiger partial charge is 0.194 e. The number of rotatable bonds is 5. The fourth-order valence-corrected chi connectivity index (χ4v) is 3.11. The van der Waals surface area contributed by atoms with E-state index in [1.165, 1.54) is 4.88 Å². The molecule has 0 unspecified atom stereocenters. The quantitative estimate of drug-likeness (QED) is 0.415. The molecular weight excluding hydrogens is 445 g/mol. The second-order valence-electron chi connectivity index (χ2n) is 5.15. The third-order valence-corrected chi connectivity index (χ3v) is 4.51. The molecule has 2 aromatic heterocycles. The zero-order valence-corrected chi connectivity index (χ0v) is 17.7. The molecule has 0 aromatic carbocycles. The van der Waals surface area contributed by atoms with Crippen LogP contribution in [0.1, 0.15) is 23.2 Å². The second-order valence-corrected chi connectivity index (χ2v) is 6.52. The van der Waals surface area contributed by atoms with E-state index >= 15 is 0 Å². The van der Waals surface area contributed by atoms with Gasteiger partial charge in [-0.15, -0.1) is 35.3 Å². The molecule has 0 atom stereocenters. The first-order chi connectivity index (χ1) is 10.5. The van der Waals surface area contributed by atoms with Crippen LogP contribution in [0.2, 0.25) is 5.02 Å². The van der Waals surface area contributed by atoms with Crippen LogP contribution in [0.15, 0.2) is 22.8 Å². The molecule has 8 heteroatoms. The number of aliphatic imine (C=N–C) groups is 1. The Morgan fingerprint density at radius 1 is 1.52 bits per heavy atom. The minimum absolute atomic E-state index is 0. The Bertz CT molecular complexity index is 652. The van der Waals surface area contributed by atoms with Crippen molar-refractivity contribution in [2.75, 3.05) is 13.6 Å². The molecule has 0 amide bonds. The van der Waals surface area contributed by atoms with Gasteiger partial charge in [-0.2, -0.15) is 0 Å². The van der Waals surface area contributed by atoms with Gasteiger partial charge in [0.25, 0.3) is 0 Å². The van der Waals surface area contributed by atoms with Gasteiger partial charge in [0.15, 0.2) is 5.96 Å². The Kier molecular flexibility index (Phi) is 8.35. The number of thiazole rings is 1. The lowest BCUT2D eigenvalue weighted by Crippen LogP contribution is -2.38. The number of hydrogen-bond acceptors (Lipinski definition) is 3. The molecule has 0 radical (unpaired) electrons. The van der Waals surface area contributed by atoms with Crippen molar-refractivity contribution < 1.29 is 0 Å². The molecule has 2 rings (SSSR count). The average molecular weight is 468 g/mol. The highest BCUT2D eigenvalue weighted by Gasteiger charge is 2.10. The highest BCUT2D eigenvalue weighted by atomic mass is 127. The summed E-state index contributed by atoms with van der Waals surface area (Å²) in [7, 11) is 4.03. The lowest BCUT2D eigenvalue weighted by Gasteiger charge is -2.22. The number of aryl methyl sites for hydroxylation is 2. The molecule has 0 aliphatic heterocycles. The minimum atomic E-state index is 0. The zero-order chi connectivity index (χ0) is 16.1. The maximum absolute atomic E-state index is 6.05. The van der Waals surface area contributed by atoms with Crippen LogP contribution in [-0.4, -0.2) is 34.0 Å². The van der Waals surface area contributed by atoms with E-state index in [1.807, 2.05) is 43.4 Å². The maximum Gasteiger partial charge on any atom is 0.194 e. The van der Waals surface area contributed by atoms with Crippen LogP contribution < -0.4 is 5.32 Å². The molecular formula is C15H23ClIN5S. The van der Waals surface area contributed by atoms with E-state index in [9.17, 15) is 0 Å². The Morgan fingerprint density at radius 2 is 2.26 bits per heavy atom. The molecule has 0 spiro atoms. The first-order valence-electron chi connectivity index (χ1n) is 7.20. The summed E-state index contributed by atoms with van der Waals surface area (Å²) in [6.45, 7) is 6.32. The highest BCUT2D eigenvalue weighted by Crippen LogP contribution is 2.15. The fourth-order valence-electron chi connectivity index (χ4n) is 2.14. The summed E-state index contributed by atoms with van der Waals surface area (Å²) < 4.78 is 2.04. The highest BCUT2D eigenvalue weighted by molar-refractivity contribution is 14.0. The summed E-state index contributed by atoms with van der Waals surface area (Å²) in [6, 6.07) is 1.98. The molecule has 0 aliphatic rings. The van der Waals surface area contributed by atoms with Crippen molar-refractivity contribution in [2.45, 2.75) is 26.9 Å². The summed E-state index contributed by atoms with van der Waals surface area (Å²) >= 11 is 7.69. The Hall–Kier alpha value is -0.800. The van der Waals surface area contributed by atoms with Gasteiger partial charge in [-0.25, -0.2) is 9.98 Å². The van der Waals surface area contributed by atoms with Gasteiger partial charge >= 0.3 is 0 Å². The fraction of sp³-hybridized carbons (Fsp3) is 0.467. The van der Waals surface area contributed by atoms with Crippen LogP contribution in [0.3, 0.4) is 0 Å². The Labute approximate surface area is 163 Å². The molecule has 2 aromatic rings. The van der Waals surface area contributed by atoms with Crippen molar-refractivity contribution in [1.82, 2.24) is 19.8 Å². The predicted molar refractivity (Wildman–Crippen MR) is 109 cm³/mol. The SMILES string of the molecule is CCNC(=NCc1scnc1C)N(C)Cc1cc(Cl)cn1C.I. The van der Waals surface area contributed by atoms with Gasteiger partial charge in [0.2, 0.25) is 0 Å². The predicted octanol–water partition coefficient (Wildman–Crippen LogP) is 3.66. The number of halogens is 2. The number of aromatic nitrogens is 2. The van der Waals surface area contributed by atoms with E-state index in [1.54, 1.807) is 11.3 Å². The van der Waals surface area contributed by atoms with Gasteiger partial charge in [-0.05, 0) is 19.9 Å². The molecule has 1 N–H and O–H groups in total. The first kappa shape index (κ1) is 20.2. The van der Waals surface area contributed by atoms with E-state index in [0.717, 1.165) is 35.5 Å². The van der Waals surface area contributed by atoms with Crippen molar-refractivity contribution in [3.8, 4) is 0 Å². The molecule has 128 valence electrons. The molecule has 0 fully saturated rings. The van der Waals surface area contributed by atoms with Gasteiger partial charge < -0.3 is 14.8 Å². The number of nitrogens with zero attached hydrogens (tertiary/aromatic N) is 4. The normalized spacial score (nSPS) is 11.3. The number of hydrogen-bond donors (Lipinski definition) is 1.